The molecule has 0 amide bonds. The average molecular weight is 312 g/mol. The first-order valence-electron chi connectivity index (χ1n) is 6.94. The number of aryl methyl sites for hydroxylation is 1. The maximum Gasteiger partial charge on any atom is 0.433 e. The number of hydrogen-bond donors (Lipinski definition) is 0. The summed E-state index contributed by atoms with van der Waals surface area (Å²) in [4.78, 5) is 9.42. The van der Waals surface area contributed by atoms with Crippen LogP contribution in [-0.2, 0) is 13.2 Å². The van der Waals surface area contributed by atoms with Gasteiger partial charge in [-0.05, 0) is 18.9 Å². The highest BCUT2D eigenvalue weighted by molar-refractivity contribution is 5.32. The van der Waals surface area contributed by atoms with E-state index in [1.54, 1.807) is 11.2 Å². The number of halogens is 3. The Labute approximate surface area is 125 Å². The number of anilines is 1. The fourth-order valence-electron chi connectivity index (χ4n) is 2.69. The van der Waals surface area contributed by atoms with E-state index in [0.717, 1.165) is 30.9 Å². The van der Waals surface area contributed by atoms with Crippen LogP contribution >= 0.6 is 0 Å². The second-order valence-electron chi connectivity index (χ2n) is 5.32. The summed E-state index contributed by atoms with van der Waals surface area (Å²) in [7, 11) is 1.86. The van der Waals surface area contributed by atoms with Crippen molar-refractivity contribution in [2.45, 2.75) is 24.9 Å². The predicted octanol–water partition coefficient (Wildman–Crippen LogP) is 2.01. The van der Waals surface area contributed by atoms with Crippen LogP contribution in [0.15, 0.2) is 18.6 Å². The molecule has 1 fully saturated rings. The van der Waals surface area contributed by atoms with Gasteiger partial charge in [-0.3, -0.25) is 0 Å². The van der Waals surface area contributed by atoms with Gasteiger partial charge in [0, 0.05) is 32.3 Å². The smallest absolute Gasteiger partial charge is 0.340 e. The average Bonchev–Trinajstić information content (AvgIpc) is 2.93. The van der Waals surface area contributed by atoms with Crippen molar-refractivity contribution in [1.29, 1.82) is 0 Å². The lowest BCUT2D eigenvalue weighted by Crippen LogP contribution is -2.36. The molecule has 6 nitrogen and oxygen atoms in total. The van der Waals surface area contributed by atoms with E-state index in [1.807, 2.05) is 11.6 Å². The monoisotopic (exact) mass is 312 g/mol. The molecule has 1 saturated heterocycles. The van der Waals surface area contributed by atoms with Crippen molar-refractivity contribution >= 4 is 5.95 Å². The summed E-state index contributed by atoms with van der Waals surface area (Å²) in [6.45, 7) is 1.17. The molecule has 0 bridgehead atoms. The molecule has 1 atom stereocenters. The Hall–Kier alpha value is -2.19. The summed E-state index contributed by atoms with van der Waals surface area (Å²) in [5.74, 6) is 1.05. The third kappa shape index (κ3) is 2.88. The second-order valence-corrected chi connectivity index (χ2v) is 5.32. The van der Waals surface area contributed by atoms with Crippen LogP contribution in [0.4, 0.5) is 19.1 Å². The molecule has 0 radical (unpaired) electrons. The minimum Gasteiger partial charge on any atom is -0.340 e. The van der Waals surface area contributed by atoms with Crippen LogP contribution in [-0.4, -0.2) is 37.8 Å². The quantitative estimate of drug-likeness (QED) is 0.849. The Kier molecular flexibility index (Phi) is 3.71. The first-order chi connectivity index (χ1) is 10.4. The van der Waals surface area contributed by atoms with Crippen LogP contribution in [0, 0.1) is 0 Å². The van der Waals surface area contributed by atoms with E-state index in [-0.39, 0.29) is 11.9 Å². The molecule has 9 heteroatoms. The molecule has 1 aliphatic rings. The first-order valence-corrected chi connectivity index (χ1v) is 6.94. The standard InChI is InChI=1S/C13H15F3N6/c1-21-8-18-20-11(21)9-3-2-6-22(7-9)12-17-5-4-10(19-12)13(14,15)16/h4-5,8-9H,2-3,6-7H2,1H3. The molecule has 2 aromatic rings. The lowest BCUT2D eigenvalue weighted by molar-refractivity contribution is -0.141. The Balaban J connectivity index is 1.82. The van der Waals surface area contributed by atoms with Crippen LogP contribution < -0.4 is 4.90 Å². The van der Waals surface area contributed by atoms with Crippen molar-refractivity contribution < 1.29 is 13.2 Å². The predicted molar refractivity (Wildman–Crippen MR) is 72.2 cm³/mol. The van der Waals surface area contributed by atoms with Gasteiger partial charge in [-0.2, -0.15) is 13.2 Å². The molecule has 1 aliphatic heterocycles. The lowest BCUT2D eigenvalue weighted by Gasteiger charge is -2.32. The number of hydrogen-bond acceptors (Lipinski definition) is 5. The van der Waals surface area contributed by atoms with E-state index in [0.29, 0.717) is 13.1 Å². The summed E-state index contributed by atoms with van der Waals surface area (Å²) in [5.41, 5.74) is -0.918. The second kappa shape index (κ2) is 5.54. The van der Waals surface area contributed by atoms with E-state index >= 15 is 0 Å². The maximum absolute atomic E-state index is 12.8. The molecule has 0 spiro atoms. The zero-order chi connectivity index (χ0) is 15.7. The van der Waals surface area contributed by atoms with Crippen molar-refractivity contribution in [3.63, 3.8) is 0 Å². The van der Waals surface area contributed by atoms with Gasteiger partial charge in [0.05, 0.1) is 0 Å². The maximum atomic E-state index is 12.8. The fourth-order valence-corrected chi connectivity index (χ4v) is 2.69. The van der Waals surface area contributed by atoms with Gasteiger partial charge < -0.3 is 9.47 Å². The summed E-state index contributed by atoms with van der Waals surface area (Å²) in [6, 6.07) is 0.883. The molecule has 0 aliphatic carbocycles. The summed E-state index contributed by atoms with van der Waals surface area (Å²) >= 11 is 0. The third-order valence-corrected chi connectivity index (χ3v) is 3.75. The molecular weight excluding hydrogens is 297 g/mol. The zero-order valence-electron chi connectivity index (χ0n) is 12.0. The van der Waals surface area contributed by atoms with Crippen LogP contribution in [0.5, 0.6) is 0 Å². The SMILES string of the molecule is Cn1cnnc1C1CCCN(c2nccc(C(F)(F)F)n2)C1. The van der Waals surface area contributed by atoms with Gasteiger partial charge >= 0.3 is 6.18 Å². The van der Waals surface area contributed by atoms with Gasteiger partial charge in [0.2, 0.25) is 5.95 Å². The molecule has 0 saturated carbocycles. The number of alkyl halides is 3. The minimum atomic E-state index is -4.46. The molecule has 22 heavy (non-hydrogen) atoms. The number of nitrogens with zero attached hydrogens (tertiary/aromatic N) is 6. The van der Waals surface area contributed by atoms with Crippen molar-refractivity contribution in [2.24, 2.45) is 7.05 Å². The van der Waals surface area contributed by atoms with Crippen molar-refractivity contribution in [1.82, 2.24) is 24.7 Å². The topological polar surface area (TPSA) is 59.7 Å². The van der Waals surface area contributed by atoms with Crippen molar-refractivity contribution in [3.8, 4) is 0 Å². The molecule has 0 N–H and O–H groups in total. The summed E-state index contributed by atoms with van der Waals surface area (Å²) in [6.07, 6.45) is 0.0712. The molecule has 1 unspecified atom stereocenters. The van der Waals surface area contributed by atoms with Gasteiger partial charge in [0.15, 0.2) is 0 Å². The van der Waals surface area contributed by atoms with E-state index in [2.05, 4.69) is 20.2 Å². The van der Waals surface area contributed by atoms with Gasteiger partial charge in [-0.25, -0.2) is 9.97 Å². The normalized spacial score (nSPS) is 19.5. The highest BCUT2D eigenvalue weighted by Crippen LogP contribution is 2.30. The zero-order valence-corrected chi connectivity index (χ0v) is 12.0. The van der Waals surface area contributed by atoms with Gasteiger partial charge in [0.1, 0.15) is 17.8 Å². The van der Waals surface area contributed by atoms with Gasteiger partial charge in [-0.15, -0.1) is 10.2 Å². The largest absolute Gasteiger partial charge is 0.433 e. The number of piperidine rings is 1. The molecular formula is C13H15F3N6. The number of rotatable bonds is 2. The fraction of sp³-hybridized carbons (Fsp3) is 0.538. The lowest BCUT2D eigenvalue weighted by atomic mass is 9.97. The summed E-state index contributed by atoms with van der Waals surface area (Å²) < 4.78 is 40.1. The Bertz CT molecular complexity index is 653. The van der Waals surface area contributed by atoms with E-state index < -0.39 is 11.9 Å². The molecule has 3 heterocycles. The van der Waals surface area contributed by atoms with Gasteiger partial charge in [0.25, 0.3) is 0 Å². The van der Waals surface area contributed by atoms with E-state index in [1.165, 1.54) is 0 Å². The molecule has 3 rings (SSSR count). The van der Waals surface area contributed by atoms with Crippen LogP contribution in [0.1, 0.15) is 30.3 Å². The highest BCUT2D eigenvalue weighted by atomic mass is 19.4. The van der Waals surface area contributed by atoms with Crippen molar-refractivity contribution in [3.05, 3.63) is 30.1 Å². The highest BCUT2D eigenvalue weighted by Gasteiger charge is 2.34. The van der Waals surface area contributed by atoms with Crippen LogP contribution in [0.25, 0.3) is 0 Å². The molecule has 0 aromatic carbocycles. The van der Waals surface area contributed by atoms with Crippen LogP contribution in [0.3, 0.4) is 0 Å². The molecule has 2 aromatic heterocycles. The Morgan fingerprint density at radius 1 is 1.32 bits per heavy atom. The number of aromatic nitrogens is 5. The Morgan fingerprint density at radius 2 is 2.14 bits per heavy atom. The molecule has 118 valence electrons. The minimum absolute atomic E-state index is 0.111. The first kappa shape index (κ1) is 14.7. The van der Waals surface area contributed by atoms with Gasteiger partial charge in [-0.1, -0.05) is 0 Å². The van der Waals surface area contributed by atoms with Crippen LogP contribution in [0.2, 0.25) is 0 Å². The van der Waals surface area contributed by atoms with E-state index in [4.69, 9.17) is 0 Å². The Morgan fingerprint density at radius 3 is 2.82 bits per heavy atom. The summed E-state index contributed by atoms with van der Waals surface area (Å²) in [5, 5.41) is 7.95. The van der Waals surface area contributed by atoms with E-state index in [9.17, 15) is 13.2 Å². The van der Waals surface area contributed by atoms with Crippen molar-refractivity contribution in [2.75, 3.05) is 18.0 Å². The third-order valence-electron chi connectivity index (χ3n) is 3.75.